The van der Waals surface area contributed by atoms with Crippen LogP contribution in [0.15, 0.2) is 48.7 Å². The highest BCUT2D eigenvalue weighted by Gasteiger charge is 2.16. The molecule has 2 aromatic heterocycles. The van der Waals surface area contributed by atoms with Gasteiger partial charge in [0.2, 0.25) is 0 Å². The molecule has 8 nitrogen and oxygen atoms in total. The maximum atomic E-state index is 12.5. The van der Waals surface area contributed by atoms with Gasteiger partial charge in [0.1, 0.15) is 6.61 Å². The lowest BCUT2D eigenvalue weighted by Crippen LogP contribution is -2.20. The number of esters is 2. The summed E-state index contributed by atoms with van der Waals surface area (Å²) in [6, 6.07) is 13.3. The monoisotopic (exact) mass is 490 g/mol. The Morgan fingerprint density at radius 1 is 0.861 bits per heavy atom. The van der Waals surface area contributed by atoms with Gasteiger partial charge in [0.05, 0.1) is 17.7 Å². The predicted octanol–water partition coefficient (Wildman–Crippen LogP) is 4.15. The number of hydrogen-bond acceptors (Lipinski definition) is 6. The number of fused-ring (bicyclic) bond motifs is 2. The summed E-state index contributed by atoms with van der Waals surface area (Å²) < 4.78 is 12.8. The van der Waals surface area contributed by atoms with E-state index >= 15 is 0 Å². The lowest BCUT2D eigenvalue weighted by molar-refractivity contribution is 0.0477. The molecule has 0 saturated carbocycles. The van der Waals surface area contributed by atoms with Gasteiger partial charge in [-0.05, 0) is 64.9 Å². The fourth-order valence-electron chi connectivity index (χ4n) is 4.16. The number of carbonyl (C=O) groups is 2. The van der Waals surface area contributed by atoms with E-state index in [0.29, 0.717) is 30.9 Å². The third-order valence-electron chi connectivity index (χ3n) is 6.13. The van der Waals surface area contributed by atoms with Crippen molar-refractivity contribution in [3.8, 4) is 11.3 Å². The summed E-state index contributed by atoms with van der Waals surface area (Å²) in [6.07, 6.45) is 2.83. The second kappa shape index (κ2) is 11.0. The van der Waals surface area contributed by atoms with E-state index in [0.717, 1.165) is 46.0 Å². The maximum Gasteiger partial charge on any atom is 0.338 e. The largest absolute Gasteiger partial charge is 0.462 e. The first-order chi connectivity index (χ1) is 17.2. The van der Waals surface area contributed by atoms with Gasteiger partial charge in [-0.25, -0.2) is 9.59 Å². The van der Waals surface area contributed by atoms with Crippen molar-refractivity contribution in [1.82, 2.24) is 19.4 Å². The Bertz CT molecular complexity index is 1380. The molecular weight excluding hydrogens is 456 g/mol. The molecule has 0 atom stereocenters. The number of nitrogens with zero attached hydrogens (tertiary/aromatic N) is 3. The van der Waals surface area contributed by atoms with Crippen LogP contribution in [-0.2, 0) is 16.5 Å². The summed E-state index contributed by atoms with van der Waals surface area (Å²) in [5, 5.41) is 2.03. The lowest BCUT2D eigenvalue weighted by atomic mass is 10.1. The zero-order valence-corrected chi connectivity index (χ0v) is 21.6. The van der Waals surface area contributed by atoms with Crippen LogP contribution in [0.25, 0.3) is 33.1 Å². The van der Waals surface area contributed by atoms with Crippen LogP contribution in [-0.4, -0.2) is 85.8 Å². The molecule has 0 unspecified atom stereocenters. The van der Waals surface area contributed by atoms with Crippen LogP contribution >= 0.6 is 0 Å². The van der Waals surface area contributed by atoms with Gasteiger partial charge in [0.25, 0.3) is 0 Å². The van der Waals surface area contributed by atoms with Crippen molar-refractivity contribution in [2.75, 3.05) is 54.5 Å². The first-order valence-corrected chi connectivity index (χ1v) is 12.1. The molecule has 2 aromatic carbocycles. The molecule has 0 fully saturated rings. The quantitative estimate of drug-likeness (QED) is 0.266. The van der Waals surface area contributed by atoms with Crippen molar-refractivity contribution in [1.29, 1.82) is 0 Å². The molecule has 4 rings (SSSR count). The molecule has 0 spiro atoms. The molecule has 0 aliphatic heterocycles. The van der Waals surface area contributed by atoms with Gasteiger partial charge in [-0.15, -0.1) is 0 Å². The lowest BCUT2D eigenvalue weighted by Gasteiger charge is -2.10. The smallest absolute Gasteiger partial charge is 0.338 e. The Kier molecular flexibility index (Phi) is 7.76. The zero-order chi connectivity index (χ0) is 25.8. The molecule has 8 heteroatoms. The molecule has 190 valence electrons. The van der Waals surface area contributed by atoms with Crippen molar-refractivity contribution in [3.63, 3.8) is 0 Å². The number of benzene rings is 2. The van der Waals surface area contributed by atoms with Crippen LogP contribution in [0, 0.1) is 0 Å². The number of nitrogens with one attached hydrogen (secondary N) is 1. The van der Waals surface area contributed by atoms with Gasteiger partial charge in [0.15, 0.2) is 0 Å². The maximum absolute atomic E-state index is 12.5. The summed E-state index contributed by atoms with van der Waals surface area (Å²) in [5.74, 6) is -0.643. The molecule has 0 aliphatic rings. The van der Waals surface area contributed by atoms with E-state index in [1.165, 1.54) is 0 Å². The van der Waals surface area contributed by atoms with Crippen molar-refractivity contribution >= 4 is 33.7 Å². The van der Waals surface area contributed by atoms with Gasteiger partial charge >= 0.3 is 11.9 Å². The normalized spacial score (nSPS) is 11.6. The standard InChI is InChI=1S/C28H34N4O4/c1-30(2)11-6-13-35-27(33)20-8-7-19-15-25(29-24(19)16-20)23-18-32(5)26-17-21(9-10-22(23)26)28(34)36-14-12-31(3)4/h7-10,15-18,29H,6,11-14H2,1-5H3. The fraction of sp³-hybridized carbons (Fsp3) is 0.357. The number of carbonyl (C=O) groups excluding carboxylic acids is 2. The molecule has 36 heavy (non-hydrogen) atoms. The predicted molar refractivity (Wildman–Crippen MR) is 143 cm³/mol. The van der Waals surface area contributed by atoms with Crippen LogP contribution < -0.4 is 0 Å². The molecule has 0 aliphatic carbocycles. The Balaban J connectivity index is 1.54. The van der Waals surface area contributed by atoms with Crippen LogP contribution in [0.1, 0.15) is 27.1 Å². The third kappa shape index (κ3) is 5.78. The number of aromatic amines is 1. The van der Waals surface area contributed by atoms with E-state index in [1.54, 1.807) is 12.1 Å². The summed E-state index contributed by atoms with van der Waals surface area (Å²) in [6.45, 7) is 2.30. The van der Waals surface area contributed by atoms with Gasteiger partial charge < -0.3 is 28.8 Å². The summed E-state index contributed by atoms with van der Waals surface area (Å²) >= 11 is 0. The Morgan fingerprint density at radius 2 is 1.53 bits per heavy atom. The molecule has 4 aromatic rings. The van der Waals surface area contributed by atoms with E-state index in [2.05, 4.69) is 16.0 Å². The van der Waals surface area contributed by atoms with E-state index in [9.17, 15) is 9.59 Å². The first kappa shape index (κ1) is 25.5. The topological polar surface area (TPSA) is 79.8 Å². The molecule has 2 heterocycles. The van der Waals surface area contributed by atoms with E-state index in [4.69, 9.17) is 9.47 Å². The SMILES string of the molecule is CN(C)CCCOC(=O)c1ccc2cc(-c3cn(C)c4cc(C(=O)OCCN(C)C)ccc34)[nH]c2c1. The molecule has 0 radical (unpaired) electrons. The van der Waals surface area contributed by atoms with Crippen LogP contribution in [0.2, 0.25) is 0 Å². The van der Waals surface area contributed by atoms with Crippen LogP contribution in [0.3, 0.4) is 0 Å². The minimum Gasteiger partial charge on any atom is -0.462 e. The Morgan fingerprint density at radius 3 is 2.25 bits per heavy atom. The second-order valence-electron chi connectivity index (χ2n) is 9.60. The number of ether oxygens (including phenoxy) is 2. The number of aromatic nitrogens is 2. The number of likely N-dealkylation sites (N-methyl/N-ethyl adjacent to an activating group) is 1. The molecule has 0 bridgehead atoms. The minimum atomic E-state index is -0.326. The Labute approximate surface area is 211 Å². The van der Waals surface area contributed by atoms with Crippen molar-refractivity contribution < 1.29 is 19.1 Å². The average Bonchev–Trinajstić information content (AvgIpc) is 3.41. The third-order valence-corrected chi connectivity index (χ3v) is 6.13. The van der Waals surface area contributed by atoms with E-state index in [-0.39, 0.29) is 11.9 Å². The minimum absolute atomic E-state index is 0.318. The zero-order valence-electron chi connectivity index (χ0n) is 21.6. The summed E-state index contributed by atoms with van der Waals surface area (Å²) in [5.41, 5.74) is 4.81. The Hall–Kier alpha value is -3.62. The number of rotatable bonds is 10. The summed E-state index contributed by atoms with van der Waals surface area (Å²) in [4.78, 5) is 32.4. The van der Waals surface area contributed by atoms with Crippen LogP contribution in [0.5, 0.6) is 0 Å². The van der Waals surface area contributed by atoms with Gasteiger partial charge in [-0.1, -0.05) is 12.1 Å². The van der Waals surface area contributed by atoms with Crippen molar-refractivity contribution in [2.24, 2.45) is 7.05 Å². The number of aryl methyl sites for hydroxylation is 1. The van der Waals surface area contributed by atoms with E-state index in [1.807, 2.05) is 75.2 Å². The van der Waals surface area contributed by atoms with Crippen molar-refractivity contribution in [2.45, 2.75) is 6.42 Å². The molecule has 1 N–H and O–H groups in total. The first-order valence-electron chi connectivity index (χ1n) is 12.1. The summed E-state index contributed by atoms with van der Waals surface area (Å²) in [7, 11) is 9.83. The molecular formula is C28H34N4O4. The van der Waals surface area contributed by atoms with E-state index < -0.39 is 0 Å². The average molecular weight is 491 g/mol. The highest BCUT2D eigenvalue weighted by Crippen LogP contribution is 2.33. The second-order valence-corrected chi connectivity index (χ2v) is 9.60. The van der Waals surface area contributed by atoms with Gasteiger partial charge in [-0.3, -0.25) is 0 Å². The highest BCUT2D eigenvalue weighted by atomic mass is 16.5. The number of hydrogen-bond donors (Lipinski definition) is 1. The van der Waals surface area contributed by atoms with Crippen LogP contribution in [0.4, 0.5) is 0 Å². The van der Waals surface area contributed by atoms with Crippen molar-refractivity contribution in [3.05, 3.63) is 59.8 Å². The van der Waals surface area contributed by atoms with Gasteiger partial charge in [0, 0.05) is 59.4 Å². The fourth-order valence-corrected chi connectivity index (χ4v) is 4.16. The molecule has 0 saturated heterocycles. The van der Waals surface area contributed by atoms with Gasteiger partial charge in [-0.2, -0.15) is 0 Å². The highest BCUT2D eigenvalue weighted by molar-refractivity contribution is 6.02. The molecule has 0 amide bonds. The number of H-pyrrole nitrogens is 1.